The van der Waals surface area contributed by atoms with Crippen molar-refractivity contribution in [3.63, 3.8) is 0 Å². The molecule has 5 heteroatoms. The Morgan fingerprint density at radius 2 is 1.91 bits per heavy atom. The van der Waals surface area contributed by atoms with Gasteiger partial charge in [-0.15, -0.1) is 11.8 Å². The number of hydrogen-bond acceptors (Lipinski definition) is 3. The highest BCUT2D eigenvalue weighted by Gasteiger charge is 2.05. The molecular formula is C17H18BrNO2S. The predicted octanol–water partition coefficient (Wildman–Crippen LogP) is 4.01. The van der Waals surface area contributed by atoms with Gasteiger partial charge in [0.1, 0.15) is 5.75 Å². The monoisotopic (exact) mass is 379 g/mol. The molecule has 0 aliphatic heterocycles. The summed E-state index contributed by atoms with van der Waals surface area (Å²) >= 11 is 5.02. The summed E-state index contributed by atoms with van der Waals surface area (Å²) in [5.74, 6) is 2.11. The molecule has 0 saturated heterocycles. The summed E-state index contributed by atoms with van der Waals surface area (Å²) in [5.41, 5.74) is 2.20. The number of ether oxygens (including phenoxy) is 1. The predicted molar refractivity (Wildman–Crippen MR) is 95.1 cm³/mol. The van der Waals surface area contributed by atoms with E-state index in [9.17, 15) is 4.79 Å². The average molecular weight is 380 g/mol. The van der Waals surface area contributed by atoms with Gasteiger partial charge in [-0.1, -0.05) is 46.3 Å². The zero-order chi connectivity index (χ0) is 15.8. The highest BCUT2D eigenvalue weighted by atomic mass is 79.9. The highest BCUT2D eigenvalue weighted by molar-refractivity contribution is 9.10. The van der Waals surface area contributed by atoms with E-state index in [2.05, 4.69) is 33.4 Å². The normalized spacial score (nSPS) is 10.3. The minimum Gasteiger partial charge on any atom is -0.496 e. The summed E-state index contributed by atoms with van der Waals surface area (Å²) < 4.78 is 6.33. The number of carbonyl (C=O) groups is 1. The Hall–Kier alpha value is -1.46. The molecule has 0 saturated carbocycles. The highest BCUT2D eigenvalue weighted by Crippen LogP contribution is 2.17. The second-order valence-electron chi connectivity index (χ2n) is 4.71. The van der Waals surface area contributed by atoms with Gasteiger partial charge in [0.15, 0.2) is 0 Å². The lowest BCUT2D eigenvalue weighted by Gasteiger charge is -2.09. The third kappa shape index (κ3) is 5.39. The lowest BCUT2D eigenvalue weighted by Crippen LogP contribution is -2.24. The fourth-order valence-electron chi connectivity index (χ4n) is 1.94. The molecule has 0 fully saturated rings. The Morgan fingerprint density at radius 3 is 2.64 bits per heavy atom. The van der Waals surface area contributed by atoms with Crippen molar-refractivity contribution in [1.29, 1.82) is 0 Å². The van der Waals surface area contributed by atoms with E-state index < -0.39 is 0 Å². The summed E-state index contributed by atoms with van der Waals surface area (Å²) in [7, 11) is 1.63. The van der Waals surface area contributed by atoms with Crippen LogP contribution in [0, 0.1) is 0 Å². The Labute approximate surface area is 143 Å². The number of carbonyl (C=O) groups excluding carboxylic acids is 1. The fourth-order valence-corrected chi connectivity index (χ4v) is 3.02. The van der Waals surface area contributed by atoms with Gasteiger partial charge in [0, 0.05) is 22.3 Å². The third-order valence-corrected chi connectivity index (χ3v) is 4.62. The molecule has 0 bridgehead atoms. The second-order valence-corrected chi connectivity index (χ2v) is 6.61. The van der Waals surface area contributed by atoms with Crippen LogP contribution in [0.2, 0.25) is 0 Å². The number of benzene rings is 2. The molecule has 1 amide bonds. The Balaban J connectivity index is 1.73. The van der Waals surface area contributed by atoms with E-state index >= 15 is 0 Å². The molecule has 2 aromatic rings. The topological polar surface area (TPSA) is 38.3 Å². The summed E-state index contributed by atoms with van der Waals surface area (Å²) in [5, 5.41) is 2.92. The largest absolute Gasteiger partial charge is 0.496 e. The molecule has 0 aromatic heterocycles. The van der Waals surface area contributed by atoms with E-state index in [0.29, 0.717) is 12.3 Å². The van der Waals surface area contributed by atoms with Crippen molar-refractivity contribution in [3.8, 4) is 5.75 Å². The zero-order valence-electron chi connectivity index (χ0n) is 12.3. The minimum absolute atomic E-state index is 0.0352. The van der Waals surface area contributed by atoms with Crippen LogP contribution >= 0.6 is 27.7 Å². The van der Waals surface area contributed by atoms with Gasteiger partial charge in [-0.25, -0.2) is 0 Å². The van der Waals surface area contributed by atoms with Crippen molar-refractivity contribution in [3.05, 3.63) is 64.1 Å². The zero-order valence-corrected chi connectivity index (χ0v) is 14.7. The van der Waals surface area contributed by atoms with Crippen molar-refractivity contribution in [2.45, 2.75) is 12.3 Å². The number of amides is 1. The van der Waals surface area contributed by atoms with E-state index in [1.165, 1.54) is 5.56 Å². The van der Waals surface area contributed by atoms with Crippen molar-refractivity contribution < 1.29 is 9.53 Å². The van der Waals surface area contributed by atoms with Crippen LogP contribution in [-0.2, 0) is 17.1 Å². The summed E-state index contributed by atoms with van der Waals surface area (Å²) in [6.07, 6.45) is 0. The van der Waals surface area contributed by atoms with E-state index in [-0.39, 0.29) is 5.91 Å². The number of halogens is 1. The molecule has 0 radical (unpaired) electrons. The van der Waals surface area contributed by atoms with Gasteiger partial charge >= 0.3 is 0 Å². The smallest absolute Gasteiger partial charge is 0.230 e. The van der Waals surface area contributed by atoms with Crippen molar-refractivity contribution >= 4 is 33.6 Å². The maximum Gasteiger partial charge on any atom is 0.230 e. The van der Waals surface area contributed by atoms with E-state index in [1.807, 2.05) is 36.4 Å². The first-order valence-corrected chi connectivity index (χ1v) is 8.84. The molecular weight excluding hydrogens is 362 g/mol. The lowest BCUT2D eigenvalue weighted by molar-refractivity contribution is -0.118. The van der Waals surface area contributed by atoms with Crippen LogP contribution in [0.3, 0.4) is 0 Å². The molecule has 0 heterocycles. The average Bonchev–Trinajstić information content (AvgIpc) is 2.55. The maximum absolute atomic E-state index is 11.9. The van der Waals surface area contributed by atoms with Gasteiger partial charge in [0.25, 0.3) is 0 Å². The van der Waals surface area contributed by atoms with Crippen LogP contribution in [0.25, 0.3) is 0 Å². The van der Waals surface area contributed by atoms with Gasteiger partial charge in [-0.05, 0) is 23.8 Å². The van der Waals surface area contributed by atoms with Gasteiger partial charge in [0.2, 0.25) is 5.91 Å². The van der Waals surface area contributed by atoms with E-state index in [4.69, 9.17) is 4.74 Å². The molecule has 22 heavy (non-hydrogen) atoms. The van der Waals surface area contributed by atoms with E-state index in [1.54, 1.807) is 18.9 Å². The van der Waals surface area contributed by atoms with Crippen LogP contribution < -0.4 is 10.1 Å². The third-order valence-electron chi connectivity index (χ3n) is 3.08. The van der Waals surface area contributed by atoms with Gasteiger partial charge in [-0.3, -0.25) is 4.79 Å². The number of methoxy groups -OCH3 is 1. The first-order chi connectivity index (χ1) is 10.7. The van der Waals surface area contributed by atoms with Gasteiger partial charge < -0.3 is 10.1 Å². The lowest BCUT2D eigenvalue weighted by atomic mass is 10.2. The quantitative estimate of drug-likeness (QED) is 0.789. The van der Waals surface area contributed by atoms with Gasteiger partial charge in [0.05, 0.1) is 12.9 Å². The van der Waals surface area contributed by atoms with Gasteiger partial charge in [-0.2, -0.15) is 0 Å². The fraction of sp³-hybridized carbons (Fsp3) is 0.235. The Morgan fingerprint density at radius 1 is 1.18 bits per heavy atom. The number of hydrogen-bond donors (Lipinski definition) is 1. The van der Waals surface area contributed by atoms with Crippen LogP contribution in [0.15, 0.2) is 53.0 Å². The minimum atomic E-state index is 0.0352. The molecule has 2 rings (SSSR count). The van der Waals surface area contributed by atoms with Crippen molar-refractivity contribution in [2.24, 2.45) is 0 Å². The molecule has 1 N–H and O–H groups in total. The number of thioether (sulfide) groups is 1. The Kier molecular flexibility index (Phi) is 6.80. The summed E-state index contributed by atoms with van der Waals surface area (Å²) in [6.45, 7) is 0.488. The van der Waals surface area contributed by atoms with Crippen molar-refractivity contribution in [1.82, 2.24) is 5.32 Å². The van der Waals surface area contributed by atoms with Crippen LogP contribution in [-0.4, -0.2) is 18.8 Å². The maximum atomic E-state index is 11.9. The standard InChI is InChI=1S/C17H18BrNO2S/c1-21-16-5-3-2-4-14(16)10-19-17(20)12-22-11-13-6-8-15(18)9-7-13/h2-9H,10-12H2,1H3,(H,19,20). The molecule has 0 unspecified atom stereocenters. The molecule has 3 nitrogen and oxygen atoms in total. The molecule has 2 aromatic carbocycles. The molecule has 116 valence electrons. The summed E-state index contributed by atoms with van der Waals surface area (Å²) in [6, 6.07) is 15.8. The Bertz CT molecular complexity index is 616. The number of nitrogens with one attached hydrogen (secondary N) is 1. The van der Waals surface area contributed by atoms with Crippen molar-refractivity contribution in [2.75, 3.05) is 12.9 Å². The van der Waals surface area contributed by atoms with E-state index in [0.717, 1.165) is 21.5 Å². The molecule has 0 atom stereocenters. The SMILES string of the molecule is COc1ccccc1CNC(=O)CSCc1ccc(Br)cc1. The molecule has 0 spiro atoms. The number of para-hydroxylation sites is 1. The van der Waals surface area contributed by atoms with Crippen LogP contribution in [0.1, 0.15) is 11.1 Å². The number of rotatable bonds is 7. The summed E-state index contributed by atoms with van der Waals surface area (Å²) in [4.78, 5) is 11.9. The first kappa shape index (κ1) is 16.9. The van der Waals surface area contributed by atoms with Crippen LogP contribution in [0.5, 0.6) is 5.75 Å². The van der Waals surface area contributed by atoms with Crippen LogP contribution in [0.4, 0.5) is 0 Å². The second kappa shape index (κ2) is 8.86. The molecule has 0 aliphatic carbocycles. The first-order valence-electron chi connectivity index (χ1n) is 6.90. The molecule has 0 aliphatic rings.